The highest BCUT2D eigenvalue weighted by molar-refractivity contribution is 5.27. The summed E-state index contributed by atoms with van der Waals surface area (Å²) >= 11 is 0. The standard InChI is InChI=1S/C18H27NO/c1-13(19-18-12-15-5-8-16(18)11-15)3-4-14-6-9-17(20-2)10-7-14/h6-7,9-10,13,15-16,18-19H,3-5,8,11-12H2,1-2H3. The summed E-state index contributed by atoms with van der Waals surface area (Å²) in [5.74, 6) is 2.96. The lowest BCUT2D eigenvalue weighted by Gasteiger charge is -2.27. The lowest BCUT2D eigenvalue weighted by Crippen LogP contribution is -2.40. The topological polar surface area (TPSA) is 21.3 Å². The Morgan fingerprint density at radius 2 is 2.00 bits per heavy atom. The molecule has 2 fully saturated rings. The molecule has 3 rings (SSSR count). The Morgan fingerprint density at radius 3 is 2.60 bits per heavy atom. The first-order valence-corrected chi connectivity index (χ1v) is 8.13. The number of fused-ring (bicyclic) bond motifs is 2. The predicted molar refractivity (Wildman–Crippen MR) is 83.1 cm³/mol. The Hall–Kier alpha value is -1.02. The summed E-state index contributed by atoms with van der Waals surface area (Å²) in [4.78, 5) is 0. The molecule has 0 amide bonds. The molecule has 2 saturated carbocycles. The minimum atomic E-state index is 0.626. The van der Waals surface area contributed by atoms with Crippen LogP contribution in [0.15, 0.2) is 24.3 Å². The number of methoxy groups -OCH3 is 1. The zero-order valence-corrected chi connectivity index (χ0v) is 12.8. The van der Waals surface area contributed by atoms with E-state index >= 15 is 0 Å². The summed E-state index contributed by atoms with van der Waals surface area (Å²) in [6, 6.07) is 9.92. The third-order valence-corrected chi connectivity index (χ3v) is 5.26. The number of aryl methyl sites for hydroxylation is 1. The van der Waals surface area contributed by atoms with Gasteiger partial charge in [-0.3, -0.25) is 0 Å². The van der Waals surface area contributed by atoms with Crippen LogP contribution < -0.4 is 10.1 Å². The van der Waals surface area contributed by atoms with Crippen LogP contribution in [0.25, 0.3) is 0 Å². The lowest BCUT2D eigenvalue weighted by molar-refractivity contribution is 0.318. The van der Waals surface area contributed by atoms with E-state index in [1.807, 2.05) is 0 Å². The number of benzene rings is 1. The van der Waals surface area contributed by atoms with Crippen LogP contribution in [0.3, 0.4) is 0 Å². The molecule has 2 aliphatic carbocycles. The van der Waals surface area contributed by atoms with Gasteiger partial charge in [-0.1, -0.05) is 18.6 Å². The average molecular weight is 273 g/mol. The average Bonchev–Trinajstić information content (AvgIpc) is 3.08. The van der Waals surface area contributed by atoms with E-state index in [4.69, 9.17) is 4.74 Å². The monoisotopic (exact) mass is 273 g/mol. The zero-order valence-electron chi connectivity index (χ0n) is 12.8. The molecule has 1 aromatic rings. The molecule has 1 aromatic carbocycles. The summed E-state index contributed by atoms with van der Waals surface area (Å²) in [7, 11) is 1.72. The van der Waals surface area contributed by atoms with Crippen molar-refractivity contribution in [3.8, 4) is 5.75 Å². The van der Waals surface area contributed by atoms with Crippen molar-refractivity contribution in [1.82, 2.24) is 5.32 Å². The molecule has 0 saturated heterocycles. The van der Waals surface area contributed by atoms with E-state index in [-0.39, 0.29) is 0 Å². The first-order chi connectivity index (χ1) is 9.74. The second-order valence-corrected chi connectivity index (χ2v) is 6.74. The van der Waals surface area contributed by atoms with Gasteiger partial charge < -0.3 is 10.1 Å². The number of nitrogens with one attached hydrogen (secondary N) is 1. The molecule has 0 radical (unpaired) electrons. The van der Waals surface area contributed by atoms with Crippen molar-refractivity contribution in [1.29, 1.82) is 0 Å². The van der Waals surface area contributed by atoms with Gasteiger partial charge in [0.2, 0.25) is 0 Å². The van der Waals surface area contributed by atoms with Gasteiger partial charge in [-0.05, 0) is 68.6 Å². The maximum absolute atomic E-state index is 5.20. The van der Waals surface area contributed by atoms with Crippen molar-refractivity contribution in [3.63, 3.8) is 0 Å². The van der Waals surface area contributed by atoms with E-state index in [9.17, 15) is 0 Å². The Balaban J connectivity index is 1.43. The van der Waals surface area contributed by atoms with Crippen molar-refractivity contribution in [3.05, 3.63) is 29.8 Å². The second kappa shape index (κ2) is 6.17. The molecule has 2 aliphatic rings. The van der Waals surface area contributed by atoms with Gasteiger partial charge in [0.25, 0.3) is 0 Å². The Morgan fingerprint density at radius 1 is 1.20 bits per heavy atom. The Labute approximate surface area is 122 Å². The first kappa shape index (κ1) is 13.9. The van der Waals surface area contributed by atoms with Crippen molar-refractivity contribution < 1.29 is 4.74 Å². The number of hydrogen-bond acceptors (Lipinski definition) is 2. The molecule has 20 heavy (non-hydrogen) atoms. The SMILES string of the molecule is COc1ccc(CCC(C)NC2CC3CCC2C3)cc1. The molecule has 2 heteroatoms. The van der Waals surface area contributed by atoms with E-state index < -0.39 is 0 Å². The fourth-order valence-electron chi connectivity index (χ4n) is 4.07. The van der Waals surface area contributed by atoms with Gasteiger partial charge in [-0.25, -0.2) is 0 Å². The van der Waals surface area contributed by atoms with E-state index in [2.05, 4.69) is 36.5 Å². The van der Waals surface area contributed by atoms with Crippen LogP contribution in [0.2, 0.25) is 0 Å². The minimum absolute atomic E-state index is 0.626. The molecule has 0 spiro atoms. The van der Waals surface area contributed by atoms with Crippen LogP contribution in [0.4, 0.5) is 0 Å². The van der Waals surface area contributed by atoms with Crippen LogP contribution in [-0.4, -0.2) is 19.2 Å². The molecule has 0 aromatic heterocycles. The third-order valence-electron chi connectivity index (χ3n) is 5.26. The van der Waals surface area contributed by atoms with Gasteiger partial charge in [0.05, 0.1) is 7.11 Å². The summed E-state index contributed by atoms with van der Waals surface area (Å²) < 4.78 is 5.20. The molecule has 110 valence electrons. The van der Waals surface area contributed by atoms with Crippen molar-refractivity contribution >= 4 is 0 Å². The van der Waals surface area contributed by atoms with E-state index in [0.717, 1.165) is 30.0 Å². The summed E-state index contributed by atoms with van der Waals surface area (Å²) in [6.45, 7) is 2.34. The van der Waals surface area contributed by atoms with Gasteiger partial charge in [0.15, 0.2) is 0 Å². The van der Waals surface area contributed by atoms with Gasteiger partial charge in [0, 0.05) is 12.1 Å². The molecule has 2 nitrogen and oxygen atoms in total. The van der Waals surface area contributed by atoms with Crippen LogP contribution in [-0.2, 0) is 6.42 Å². The molecule has 4 atom stereocenters. The first-order valence-electron chi connectivity index (χ1n) is 8.13. The van der Waals surface area contributed by atoms with Crippen LogP contribution in [0.5, 0.6) is 5.75 Å². The summed E-state index contributed by atoms with van der Waals surface area (Å²) in [5.41, 5.74) is 1.41. The fraction of sp³-hybridized carbons (Fsp3) is 0.667. The number of rotatable bonds is 6. The molecule has 0 heterocycles. The predicted octanol–water partition coefficient (Wildman–Crippen LogP) is 3.79. The van der Waals surface area contributed by atoms with Crippen molar-refractivity contribution in [2.45, 2.75) is 57.5 Å². The summed E-state index contributed by atoms with van der Waals surface area (Å²) in [5, 5.41) is 3.88. The largest absolute Gasteiger partial charge is 0.497 e. The van der Waals surface area contributed by atoms with Crippen LogP contribution in [0, 0.1) is 11.8 Å². The quantitative estimate of drug-likeness (QED) is 0.851. The molecular weight excluding hydrogens is 246 g/mol. The van der Waals surface area contributed by atoms with Crippen LogP contribution >= 0.6 is 0 Å². The maximum Gasteiger partial charge on any atom is 0.118 e. The summed E-state index contributed by atoms with van der Waals surface area (Å²) in [6.07, 6.45) is 8.25. The van der Waals surface area contributed by atoms with Gasteiger partial charge in [-0.15, -0.1) is 0 Å². The normalized spacial score (nSPS) is 29.6. The number of hydrogen-bond donors (Lipinski definition) is 1. The van der Waals surface area contributed by atoms with Gasteiger partial charge in [-0.2, -0.15) is 0 Å². The molecule has 2 bridgehead atoms. The molecular formula is C18H27NO. The Bertz CT molecular complexity index is 428. The molecule has 1 N–H and O–H groups in total. The smallest absolute Gasteiger partial charge is 0.118 e. The zero-order chi connectivity index (χ0) is 13.9. The molecule has 0 aliphatic heterocycles. The number of ether oxygens (including phenoxy) is 1. The third kappa shape index (κ3) is 3.17. The van der Waals surface area contributed by atoms with Crippen molar-refractivity contribution in [2.75, 3.05) is 7.11 Å². The second-order valence-electron chi connectivity index (χ2n) is 6.74. The van der Waals surface area contributed by atoms with Crippen molar-refractivity contribution in [2.24, 2.45) is 11.8 Å². The van der Waals surface area contributed by atoms with Crippen LogP contribution in [0.1, 0.15) is 44.6 Å². The highest BCUT2D eigenvalue weighted by atomic mass is 16.5. The van der Waals surface area contributed by atoms with E-state index in [1.54, 1.807) is 7.11 Å². The highest BCUT2D eigenvalue weighted by Gasteiger charge is 2.39. The Kier molecular flexibility index (Phi) is 4.30. The van der Waals surface area contributed by atoms with Gasteiger partial charge in [0.1, 0.15) is 5.75 Å². The minimum Gasteiger partial charge on any atom is -0.497 e. The van der Waals surface area contributed by atoms with E-state index in [1.165, 1.54) is 37.7 Å². The van der Waals surface area contributed by atoms with E-state index in [0.29, 0.717) is 6.04 Å². The fourth-order valence-corrected chi connectivity index (χ4v) is 4.07. The highest BCUT2D eigenvalue weighted by Crippen LogP contribution is 2.44. The maximum atomic E-state index is 5.20. The van der Waals surface area contributed by atoms with Gasteiger partial charge >= 0.3 is 0 Å². The molecule has 4 unspecified atom stereocenters. The lowest BCUT2D eigenvalue weighted by atomic mass is 9.94.